The highest BCUT2D eigenvalue weighted by atomic mass is 15.3. The quantitative estimate of drug-likeness (QED) is 0.827. The molecule has 2 aromatic rings. The summed E-state index contributed by atoms with van der Waals surface area (Å²) in [5.41, 5.74) is 3.06. The molecule has 0 fully saturated rings. The molecule has 0 radical (unpaired) electrons. The largest absolute Gasteiger partial charge is 0.388 e. The van der Waals surface area contributed by atoms with Gasteiger partial charge in [-0.25, -0.2) is 0 Å². The van der Waals surface area contributed by atoms with Crippen molar-refractivity contribution in [2.45, 2.75) is 13.5 Å². The molecular weight excluding hydrogens is 188 g/mol. The molecule has 2 aromatic heterocycles. The number of aryl methyl sites for hydroxylation is 1. The minimum atomic E-state index is 0.855. The first-order valence-electron chi connectivity index (χ1n) is 5.01. The second kappa shape index (κ2) is 4.13. The van der Waals surface area contributed by atoms with Crippen LogP contribution in [0.2, 0.25) is 0 Å². The summed E-state index contributed by atoms with van der Waals surface area (Å²) in [5, 5.41) is 7.32. The van der Waals surface area contributed by atoms with Gasteiger partial charge in [-0.15, -0.1) is 0 Å². The molecule has 0 aliphatic carbocycles. The van der Waals surface area contributed by atoms with E-state index in [0.29, 0.717) is 0 Å². The van der Waals surface area contributed by atoms with Gasteiger partial charge in [-0.05, 0) is 25.1 Å². The Hall–Kier alpha value is -1.84. The monoisotopic (exact) mass is 202 g/mol. The molecular formula is C11H14N4. The Morgan fingerprint density at radius 2 is 2.20 bits per heavy atom. The fraction of sp³-hybridized carbons (Fsp3) is 0.273. The molecule has 0 unspecified atom stereocenters. The van der Waals surface area contributed by atoms with Crippen molar-refractivity contribution < 1.29 is 0 Å². The van der Waals surface area contributed by atoms with Gasteiger partial charge in [-0.3, -0.25) is 9.67 Å². The van der Waals surface area contributed by atoms with Crippen molar-refractivity contribution in [1.82, 2.24) is 14.8 Å². The first kappa shape index (κ1) is 9.71. The van der Waals surface area contributed by atoms with Crippen LogP contribution >= 0.6 is 0 Å². The van der Waals surface area contributed by atoms with Crippen LogP contribution in [0.25, 0.3) is 11.4 Å². The first-order valence-corrected chi connectivity index (χ1v) is 5.01. The minimum absolute atomic E-state index is 0.855. The molecule has 0 saturated carbocycles. The molecule has 4 nitrogen and oxygen atoms in total. The van der Waals surface area contributed by atoms with E-state index in [4.69, 9.17) is 0 Å². The summed E-state index contributed by atoms with van der Waals surface area (Å²) >= 11 is 0. The normalized spacial score (nSPS) is 10.3. The second-order valence-electron chi connectivity index (χ2n) is 3.21. The van der Waals surface area contributed by atoms with Gasteiger partial charge in [0.2, 0.25) is 0 Å². The van der Waals surface area contributed by atoms with Gasteiger partial charge in [-0.2, -0.15) is 5.10 Å². The van der Waals surface area contributed by atoms with Gasteiger partial charge in [0.25, 0.3) is 0 Å². The SMILES string of the molecule is CCn1nccc1-c1cc(NC)ccn1. The fourth-order valence-corrected chi connectivity index (χ4v) is 1.53. The zero-order valence-electron chi connectivity index (χ0n) is 8.94. The van der Waals surface area contributed by atoms with E-state index in [0.717, 1.165) is 23.6 Å². The second-order valence-corrected chi connectivity index (χ2v) is 3.21. The molecule has 2 rings (SSSR count). The third-order valence-electron chi connectivity index (χ3n) is 2.33. The summed E-state index contributed by atoms with van der Waals surface area (Å²) in [7, 11) is 1.90. The van der Waals surface area contributed by atoms with Crippen LogP contribution in [-0.2, 0) is 6.54 Å². The molecule has 0 atom stereocenters. The van der Waals surface area contributed by atoms with E-state index in [9.17, 15) is 0 Å². The van der Waals surface area contributed by atoms with Crippen LogP contribution in [-0.4, -0.2) is 21.8 Å². The van der Waals surface area contributed by atoms with E-state index in [2.05, 4.69) is 22.3 Å². The number of hydrogen-bond donors (Lipinski definition) is 1. The number of anilines is 1. The van der Waals surface area contributed by atoms with Crippen molar-refractivity contribution in [2.75, 3.05) is 12.4 Å². The van der Waals surface area contributed by atoms with Crippen molar-refractivity contribution in [3.8, 4) is 11.4 Å². The van der Waals surface area contributed by atoms with Crippen LogP contribution < -0.4 is 5.32 Å². The van der Waals surface area contributed by atoms with E-state index in [1.54, 1.807) is 12.4 Å². The maximum absolute atomic E-state index is 4.34. The molecule has 78 valence electrons. The molecule has 1 N–H and O–H groups in total. The molecule has 2 heterocycles. The number of nitrogens with one attached hydrogen (secondary N) is 1. The Morgan fingerprint density at radius 1 is 1.33 bits per heavy atom. The van der Waals surface area contributed by atoms with Crippen LogP contribution in [0.3, 0.4) is 0 Å². The first-order chi connectivity index (χ1) is 7.35. The van der Waals surface area contributed by atoms with E-state index in [1.807, 2.05) is 29.9 Å². The lowest BCUT2D eigenvalue weighted by Gasteiger charge is -2.05. The molecule has 4 heteroatoms. The maximum atomic E-state index is 4.34. The fourth-order valence-electron chi connectivity index (χ4n) is 1.53. The average Bonchev–Trinajstić information content (AvgIpc) is 2.77. The Balaban J connectivity index is 2.44. The molecule has 0 aromatic carbocycles. The third kappa shape index (κ3) is 1.83. The van der Waals surface area contributed by atoms with Crippen LogP contribution in [0.5, 0.6) is 0 Å². The molecule has 0 amide bonds. The predicted octanol–water partition coefficient (Wildman–Crippen LogP) is 2.01. The molecule has 0 aliphatic heterocycles. The lowest BCUT2D eigenvalue weighted by atomic mass is 10.2. The smallest absolute Gasteiger partial charge is 0.0903 e. The summed E-state index contributed by atoms with van der Waals surface area (Å²) in [6.45, 7) is 2.92. The van der Waals surface area contributed by atoms with Crippen molar-refractivity contribution >= 4 is 5.69 Å². The lowest BCUT2D eigenvalue weighted by Crippen LogP contribution is -2.00. The van der Waals surface area contributed by atoms with E-state index in [-0.39, 0.29) is 0 Å². The van der Waals surface area contributed by atoms with E-state index < -0.39 is 0 Å². The number of aromatic nitrogens is 3. The van der Waals surface area contributed by atoms with Gasteiger partial charge in [0.05, 0.1) is 11.4 Å². The zero-order valence-corrected chi connectivity index (χ0v) is 8.94. The zero-order chi connectivity index (χ0) is 10.7. The van der Waals surface area contributed by atoms with Crippen LogP contribution in [0.1, 0.15) is 6.92 Å². The topological polar surface area (TPSA) is 42.7 Å². The summed E-state index contributed by atoms with van der Waals surface area (Å²) in [5.74, 6) is 0. The Morgan fingerprint density at radius 3 is 2.93 bits per heavy atom. The van der Waals surface area contributed by atoms with Gasteiger partial charge in [-0.1, -0.05) is 0 Å². The number of pyridine rings is 1. The molecule has 0 saturated heterocycles. The Labute approximate surface area is 89.0 Å². The van der Waals surface area contributed by atoms with E-state index in [1.165, 1.54) is 0 Å². The number of nitrogens with zero attached hydrogens (tertiary/aromatic N) is 3. The van der Waals surface area contributed by atoms with Crippen molar-refractivity contribution in [3.63, 3.8) is 0 Å². The van der Waals surface area contributed by atoms with Crippen molar-refractivity contribution in [3.05, 3.63) is 30.6 Å². The Bertz CT molecular complexity index is 447. The predicted molar refractivity (Wildman–Crippen MR) is 60.7 cm³/mol. The standard InChI is InChI=1S/C11H14N4/c1-3-15-11(5-7-14-15)10-8-9(12-2)4-6-13-10/h4-8H,3H2,1-2H3,(H,12,13). The third-order valence-corrected chi connectivity index (χ3v) is 2.33. The molecule has 15 heavy (non-hydrogen) atoms. The lowest BCUT2D eigenvalue weighted by molar-refractivity contribution is 0.665. The number of rotatable bonds is 3. The molecule has 0 aliphatic rings. The summed E-state index contributed by atoms with van der Waals surface area (Å²) < 4.78 is 1.93. The van der Waals surface area contributed by atoms with Crippen LogP contribution in [0.4, 0.5) is 5.69 Å². The summed E-state index contributed by atoms with van der Waals surface area (Å²) in [6, 6.07) is 5.94. The maximum Gasteiger partial charge on any atom is 0.0903 e. The van der Waals surface area contributed by atoms with Gasteiger partial charge >= 0.3 is 0 Å². The Kier molecular flexibility index (Phi) is 2.67. The van der Waals surface area contributed by atoms with Gasteiger partial charge in [0, 0.05) is 31.7 Å². The summed E-state index contributed by atoms with van der Waals surface area (Å²) in [4.78, 5) is 4.34. The van der Waals surface area contributed by atoms with Gasteiger partial charge in [0.1, 0.15) is 0 Å². The highest BCUT2D eigenvalue weighted by Gasteiger charge is 2.05. The average molecular weight is 202 g/mol. The van der Waals surface area contributed by atoms with Crippen LogP contribution in [0, 0.1) is 0 Å². The molecule has 0 bridgehead atoms. The summed E-state index contributed by atoms with van der Waals surface area (Å²) in [6.07, 6.45) is 3.60. The van der Waals surface area contributed by atoms with Gasteiger partial charge in [0.15, 0.2) is 0 Å². The van der Waals surface area contributed by atoms with Crippen LogP contribution in [0.15, 0.2) is 30.6 Å². The minimum Gasteiger partial charge on any atom is -0.388 e. The van der Waals surface area contributed by atoms with Crippen molar-refractivity contribution in [2.24, 2.45) is 0 Å². The highest BCUT2D eigenvalue weighted by molar-refractivity contribution is 5.60. The highest BCUT2D eigenvalue weighted by Crippen LogP contribution is 2.19. The van der Waals surface area contributed by atoms with Gasteiger partial charge < -0.3 is 5.32 Å². The van der Waals surface area contributed by atoms with E-state index >= 15 is 0 Å². The number of hydrogen-bond acceptors (Lipinski definition) is 3. The molecule has 0 spiro atoms. The van der Waals surface area contributed by atoms with Crippen molar-refractivity contribution in [1.29, 1.82) is 0 Å².